The number of amides is 3. The van der Waals surface area contributed by atoms with E-state index in [0.717, 1.165) is 29.3 Å². The number of nitrogens with zero attached hydrogens (tertiary/aromatic N) is 4. The van der Waals surface area contributed by atoms with Crippen LogP contribution in [-0.2, 0) is 19.1 Å². The monoisotopic (exact) mass is 448 g/mol. The van der Waals surface area contributed by atoms with Gasteiger partial charge in [0.1, 0.15) is 6.04 Å². The van der Waals surface area contributed by atoms with E-state index in [4.69, 9.17) is 4.74 Å². The third-order valence-corrected chi connectivity index (χ3v) is 7.97. The van der Waals surface area contributed by atoms with E-state index in [9.17, 15) is 14.4 Å². The van der Waals surface area contributed by atoms with Crippen molar-refractivity contribution in [3.05, 3.63) is 36.7 Å². The molecule has 6 atom stereocenters. The molecule has 5 heterocycles. The molecule has 8 nitrogen and oxygen atoms in total. The minimum atomic E-state index is -0.785. The zero-order valence-electron chi connectivity index (χ0n) is 18.9. The number of likely N-dealkylation sites (tertiary alicyclic amines) is 1. The quantitative estimate of drug-likeness (QED) is 0.667. The van der Waals surface area contributed by atoms with Crippen LogP contribution in [0.1, 0.15) is 26.7 Å². The molecule has 0 saturated carbocycles. The van der Waals surface area contributed by atoms with Crippen LogP contribution in [-0.4, -0.2) is 76.4 Å². The number of benzene rings is 1. The van der Waals surface area contributed by atoms with Gasteiger partial charge in [-0.1, -0.05) is 12.1 Å². The summed E-state index contributed by atoms with van der Waals surface area (Å²) in [4.78, 5) is 49.2. The molecule has 33 heavy (non-hydrogen) atoms. The van der Waals surface area contributed by atoms with Gasteiger partial charge in [0.2, 0.25) is 17.7 Å². The van der Waals surface area contributed by atoms with Crippen molar-refractivity contribution in [3.63, 3.8) is 0 Å². The molecule has 4 saturated heterocycles. The second-order valence-electron chi connectivity index (χ2n) is 9.76. The standard InChI is InChI=1S/C25H28N4O4/c1-14-13-27(18-5-3-4-16-12-26-9-8-17(16)18)10-11-28(14)23(30)15(2)29-24(31)21-19-6-7-20(33-19)22(21)25(29)32/h3-5,8-9,12,14-15,19-22H,6-7,10-11,13H2,1-2H3. The van der Waals surface area contributed by atoms with Gasteiger partial charge in [-0.25, -0.2) is 0 Å². The predicted octanol–water partition coefficient (Wildman–Crippen LogP) is 1.82. The molecule has 172 valence electrons. The smallest absolute Gasteiger partial charge is 0.245 e. The first-order valence-corrected chi connectivity index (χ1v) is 11.9. The molecule has 0 spiro atoms. The second-order valence-corrected chi connectivity index (χ2v) is 9.76. The van der Waals surface area contributed by atoms with Gasteiger partial charge in [-0.2, -0.15) is 0 Å². The van der Waals surface area contributed by atoms with Crippen LogP contribution in [0.25, 0.3) is 10.8 Å². The third kappa shape index (κ3) is 3.00. The minimum absolute atomic E-state index is 0.0439. The minimum Gasteiger partial charge on any atom is -0.373 e. The van der Waals surface area contributed by atoms with Crippen LogP contribution in [0, 0.1) is 11.8 Å². The fraction of sp³-hybridized carbons (Fsp3) is 0.520. The number of rotatable bonds is 3. The highest BCUT2D eigenvalue weighted by Gasteiger charge is 2.63. The number of imide groups is 1. The Morgan fingerprint density at radius 3 is 2.52 bits per heavy atom. The van der Waals surface area contributed by atoms with Gasteiger partial charge in [-0.15, -0.1) is 0 Å². The van der Waals surface area contributed by atoms with E-state index < -0.39 is 17.9 Å². The van der Waals surface area contributed by atoms with Gasteiger partial charge in [0.15, 0.2) is 0 Å². The third-order valence-electron chi connectivity index (χ3n) is 7.97. The Balaban J connectivity index is 1.18. The normalized spacial score (nSPS) is 32.1. The number of hydrogen-bond acceptors (Lipinski definition) is 6. The first-order chi connectivity index (χ1) is 16.0. The summed E-state index contributed by atoms with van der Waals surface area (Å²) in [5, 5.41) is 2.23. The Morgan fingerprint density at radius 1 is 1.09 bits per heavy atom. The van der Waals surface area contributed by atoms with Gasteiger partial charge in [-0.05, 0) is 38.8 Å². The average Bonchev–Trinajstić information content (AvgIpc) is 3.51. The van der Waals surface area contributed by atoms with Crippen LogP contribution in [0.5, 0.6) is 0 Å². The molecule has 4 aliphatic heterocycles. The maximum atomic E-state index is 13.5. The molecule has 4 aliphatic rings. The van der Waals surface area contributed by atoms with Crippen molar-refractivity contribution in [2.45, 2.75) is 51.0 Å². The lowest BCUT2D eigenvalue weighted by molar-refractivity contribution is -0.153. The molecule has 3 amide bonds. The highest BCUT2D eigenvalue weighted by molar-refractivity contribution is 6.09. The fourth-order valence-corrected chi connectivity index (χ4v) is 6.35. The van der Waals surface area contributed by atoms with E-state index in [1.54, 1.807) is 13.1 Å². The van der Waals surface area contributed by atoms with Crippen molar-refractivity contribution in [2.24, 2.45) is 11.8 Å². The number of carbonyl (C=O) groups is 3. The molecule has 0 aliphatic carbocycles. The lowest BCUT2D eigenvalue weighted by Gasteiger charge is -2.43. The van der Waals surface area contributed by atoms with Crippen molar-refractivity contribution in [2.75, 3.05) is 24.5 Å². The average molecular weight is 449 g/mol. The summed E-state index contributed by atoms with van der Waals surface area (Å²) in [6.07, 6.45) is 4.98. The molecule has 1 aromatic heterocycles. The summed E-state index contributed by atoms with van der Waals surface area (Å²) in [6, 6.07) is 7.37. The summed E-state index contributed by atoms with van der Waals surface area (Å²) >= 11 is 0. The number of piperazine rings is 1. The number of ether oxygens (including phenoxy) is 1. The van der Waals surface area contributed by atoms with Crippen molar-refractivity contribution >= 4 is 34.2 Å². The van der Waals surface area contributed by atoms with E-state index >= 15 is 0 Å². The molecule has 0 N–H and O–H groups in total. The Hall–Kier alpha value is -3.00. The van der Waals surface area contributed by atoms with E-state index in [1.165, 1.54) is 4.90 Å². The highest BCUT2D eigenvalue weighted by atomic mass is 16.5. The second kappa shape index (κ2) is 7.52. The first-order valence-electron chi connectivity index (χ1n) is 11.9. The lowest BCUT2D eigenvalue weighted by atomic mass is 9.81. The van der Waals surface area contributed by atoms with Gasteiger partial charge < -0.3 is 14.5 Å². The van der Waals surface area contributed by atoms with Gasteiger partial charge >= 0.3 is 0 Å². The molecule has 6 unspecified atom stereocenters. The molecule has 0 radical (unpaired) electrons. The Kier molecular flexibility index (Phi) is 4.69. The SMILES string of the molecule is CC1CN(c2cccc3cnccc23)CCN1C(=O)C(C)N1C(=O)C2C3CCC(O3)C2C1=O. The summed E-state index contributed by atoms with van der Waals surface area (Å²) in [6.45, 7) is 5.64. The predicted molar refractivity (Wildman–Crippen MR) is 121 cm³/mol. The molecule has 6 rings (SSSR count). The molecular formula is C25H28N4O4. The van der Waals surface area contributed by atoms with Crippen LogP contribution in [0.4, 0.5) is 5.69 Å². The van der Waals surface area contributed by atoms with Crippen molar-refractivity contribution in [1.82, 2.24) is 14.8 Å². The summed E-state index contributed by atoms with van der Waals surface area (Å²) < 4.78 is 5.81. The topological polar surface area (TPSA) is 83.1 Å². The molecule has 2 bridgehead atoms. The van der Waals surface area contributed by atoms with E-state index in [1.807, 2.05) is 36.2 Å². The fourth-order valence-electron chi connectivity index (χ4n) is 6.35. The van der Waals surface area contributed by atoms with Crippen LogP contribution in [0.3, 0.4) is 0 Å². The lowest BCUT2D eigenvalue weighted by Crippen LogP contribution is -2.59. The van der Waals surface area contributed by atoms with E-state index in [2.05, 4.69) is 16.0 Å². The first kappa shape index (κ1) is 20.6. The number of pyridine rings is 1. The Morgan fingerprint density at radius 2 is 1.82 bits per heavy atom. The molecule has 4 fully saturated rings. The molecular weight excluding hydrogens is 420 g/mol. The maximum Gasteiger partial charge on any atom is 0.245 e. The zero-order chi connectivity index (χ0) is 22.9. The van der Waals surface area contributed by atoms with Gasteiger partial charge in [-0.3, -0.25) is 24.3 Å². The summed E-state index contributed by atoms with van der Waals surface area (Å²) in [5.41, 5.74) is 1.13. The van der Waals surface area contributed by atoms with Crippen molar-refractivity contribution in [1.29, 1.82) is 0 Å². The number of fused-ring (bicyclic) bond motifs is 6. The largest absolute Gasteiger partial charge is 0.373 e. The number of anilines is 1. The number of aromatic nitrogens is 1. The van der Waals surface area contributed by atoms with Gasteiger partial charge in [0.05, 0.1) is 24.0 Å². The molecule has 2 aromatic rings. The number of carbonyl (C=O) groups excluding carboxylic acids is 3. The van der Waals surface area contributed by atoms with Crippen LogP contribution in [0.15, 0.2) is 36.7 Å². The van der Waals surface area contributed by atoms with Crippen molar-refractivity contribution < 1.29 is 19.1 Å². The summed E-state index contributed by atoms with van der Waals surface area (Å²) in [7, 11) is 0. The maximum absolute atomic E-state index is 13.5. The van der Waals surface area contributed by atoms with Crippen molar-refractivity contribution in [3.8, 4) is 0 Å². The zero-order valence-corrected chi connectivity index (χ0v) is 18.9. The van der Waals surface area contributed by atoms with Crippen LogP contribution >= 0.6 is 0 Å². The molecule has 1 aromatic carbocycles. The highest BCUT2D eigenvalue weighted by Crippen LogP contribution is 2.49. The summed E-state index contributed by atoms with van der Waals surface area (Å²) in [5.74, 6) is -1.41. The van der Waals surface area contributed by atoms with E-state index in [0.29, 0.717) is 19.6 Å². The number of hydrogen-bond donors (Lipinski definition) is 0. The van der Waals surface area contributed by atoms with Gasteiger partial charge in [0.25, 0.3) is 0 Å². The Labute approximate surface area is 192 Å². The van der Waals surface area contributed by atoms with Gasteiger partial charge in [0, 0.05) is 54.5 Å². The van der Waals surface area contributed by atoms with Crippen LogP contribution in [0.2, 0.25) is 0 Å². The molecule has 8 heteroatoms. The Bertz CT molecular complexity index is 1120. The van der Waals surface area contributed by atoms with Crippen LogP contribution < -0.4 is 4.90 Å². The van der Waals surface area contributed by atoms with E-state index in [-0.39, 0.29) is 36.0 Å².